The molecule has 0 aliphatic heterocycles. The predicted octanol–water partition coefficient (Wildman–Crippen LogP) is 1.70. The van der Waals surface area contributed by atoms with E-state index >= 15 is 0 Å². The van der Waals surface area contributed by atoms with E-state index in [1.165, 1.54) is 0 Å². The van der Waals surface area contributed by atoms with Crippen molar-refractivity contribution < 1.29 is 9.90 Å². The molecule has 1 aliphatic rings. The van der Waals surface area contributed by atoms with Gasteiger partial charge >= 0.3 is 5.97 Å². The Morgan fingerprint density at radius 3 is 2.87 bits per heavy atom. The van der Waals surface area contributed by atoms with Crippen LogP contribution in [0.5, 0.6) is 0 Å². The van der Waals surface area contributed by atoms with Gasteiger partial charge in [0.15, 0.2) is 0 Å². The van der Waals surface area contributed by atoms with Gasteiger partial charge in [0.25, 0.3) is 0 Å². The summed E-state index contributed by atoms with van der Waals surface area (Å²) in [6.45, 7) is 0. The Morgan fingerprint density at radius 2 is 2.40 bits per heavy atom. The van der Waals surface area contributed by atoms with E-state index in [9.17, 15) is 4.79 Å². The van der Waals surface area contributed by atoms with E-state index < -0.39 is 12.0 Å². The lowest BCUT2D eigenvalue weighted by Gasteiger charge is -2.13. The number of allylic oxidation sites excluding steroid dienone is 3. The predicted molar refractivity (Wildman–Crippen MR) is 54.8 cm³/mol. The van der Waals surface area contributed by atoms with Gasteiger partial charge in [0.2, 0.25) is 0 Å². The molecule has 0 fully saturated rings. The number of carboxylic acids is 1. The van der Waals surface area contributed by atoms with Gasteiger partial charge in [0.1, 0.15) is 6.04 Å². The summed E-state index contributed by atoms with van der Waals surface area (Å²) in [5.74, 6) is -0.999. The van der Waals surface area contributed by atoms with Gasteiger partial charge in [-0.25, -0.2) is 0 Å². The van der Waals surface area contributed by atoms with Gasteiger partial charge in [0.05, 0.1) is 0 Å². The third-order valence-electron chi connectivity index (χ3n) is 2.19. The first-order valence-corrected chi connectivity index (χ1v) is 4.55. The maximum Gasteiger partial charge on any atom is 0.320 e. The summed E-state index contributed by atoms with van der Waals surface area (Å²) in [4.78, 5) is 13.2. The molecule has 15 heavy (non-hydrogen) atoms. The number of nitrogens with two attached hydrogens (primary N) is 1. The fourth-order valence-electron chi connectivity index (χ4n) is 1.35. The first-order valence-electron chi connectivity index (χ1n) is 4.55. The Bertz CT molecular complexity index is 366. The molecule has 0 aromatic rings. The van der Waals surface area contributed by atoms with E-state index in [0.717, 1.165) is 5.57 Å². The Hall–Kier alpha value is -1.78. The molecular weight excluding hydrogens is 196 g/mol. The molecule has 1 atom stereocenters. The van der Waals surface area contributed by atoms with Gasteiger partial charge < -0.3 is 10.8 Å². The summed E-state index contributed by atoms with van der Waals surface area (Å²) in [5, 5.41) is 12.1. The van der Waals surface area contributed by atoms with Crippen LogP contribution in [0.25, 0.3) is 10.4 Å². The molecule has 3 N–H and O–H groups in total. The van der Waals surface area contributed by atoms with Crippen LogP contribution >= 0.6 is 0 Å². The Balaban J connectivity index is 2.60. The average molecular weight is 208 g/mol. The number of aliphatic carboxylic acids is 1. The monoisotopic (exact) mass is 208 g/mol. The quantitative estimate of drug-likeness (QED) is 0.416. The van der Waals surface area contributed by atoms with Crippen molar-refractivity contribution >= 4 is 5.97 Å². The molecule has 0 amide bonds. The lowest BCUT2D eigenvalue weighted by molar-refractivity contribution is -0.138. The standard InChI is InChI=1S/C9H12N4O2/c10-8(9(14)15)5-6-1-3-7(4-2-6)12-13-11/h1,3,8H,2,4-5,10H2,(H,14,15)/t8-/m0/s1. The Labute approximate surface area is 86.7 Å². The first kappa shape index (κ1) is 11.3. The van der Waals surface area contributed by atoms with Crippen molar-refractivity contribution in [1.29, 1.82) is 0 Å². The zero-order valence-electron chi connectivity index (χ0n) is 8.13. The Morgan fingerprint density at radius 1 is 1.67 bits per heavy atom. The second-order valence-electron chi connectivity index (χ2n) is 3.32. The van der Waals surface area contributed by atoms with E-state index in [1.807, 2.05) is 0 Å². The van der Waals surface area contributed by atoms with Gasteiger partial charge in [-0.05, 0) is 24.8 Å². The molecule has 0 bridgehead atoms. The van der Waals surface area contributed by atoms with E-state index in [4.69, 9.17) is 16.4 Å². The van der Waals surface area contributed by atoms with Crippen LogP contribution < -0.4 is 5.73 Å². The van der Waals surface area contributed by atoms with E-state index in [-0.39, 0.29) is 0 Å². The second-order valence-corrected chi connectivity index (χ2v) is 3.32. The molecule has 0 saturated heterocycles. The zero-order valence-corrected chi connectivity index (χ0v) is 8.13. The fourth-order valence-corrected chi connectivity index (χ4v) is 1.35. The highest BCUT2D eigenvalue weighted by atomic mass is 16.4. The van der Waals surface area contributed by atoms with Crippen LogP contribution in [0.2, 0.25) is 0 Å². The molecular formula is C9H12N4O2. The number of rotatable bonds is 4. The summed E-state index contributed by atoms with van der Waals surface area (Å²) >= 11 is 0. The topological polar surface area (TPSA) is 112 Å². The summed E-state index contributed by atoms with van der Waals surface area (Å²) < 4.78 is 0. The van der Waals surface area contributed by atoms with Crippen molar-refractivity contribution in [3.05, 3.63) is 33.9 Å². The molecule has 0 aromatic carbocycles. The van der Waals surface area contributed by atoms with Gasteiger partial charge in [0, 0.05) is 10.6 Å². The van der Waals surface area contributed by atoms with Crippen LogP contribution in [0, 0.1) is 0 Å². The maximum atomic E-state index is 10.5. The molecule has 0 aromatic heterocycles. The molecule has 0 spiro atoms. The number of nitrogens with zero attached hydrogens (tertiary/aromatic N) is 3. The van der Waals surface area contributed by atoms with Gasteiger partial charge in [-0.1, -0.05) is 22.8 Å². The summed E-state index contributed by atoms with van der Waals surface area (Å²) in [7, 11) is 0. The maximum absolute atomic E-state index is 10.5. The van der Waals surface area contributed by atoms with E-state index in [2.05, 4.69) is 10.0 Å². The van der Waals surface area contributed by atoms with Crippen molar-refractivity contribution in [3.8, 4) is 0 Å². The smallest absolute Gasteiger partial charge is 0.320 e. The van der Waals surface area contributed by atoms with Crippen molar-refractivity contribution in [3.63, 3.8) is 0 Å². The lowest BCUT2D eigenvalue weighted by Crippen LogP contribution is -2.30. The first-order chi connectivity index (χ1) is 7.13. The van der Waals surface area contributed by atoms with Gasteiger partial charge in [-0.15, -0.1) is 0 Å². The average Bonchev–Trinajstić information content (AvgIpc) is 2.21. The summed E-state index contributed by atoms with van der Waals surface area (Å²) in [6, 6.07) is -0.856. The summed E-state index contributed by atoms with van der Waals surface area (Å²) in [6.07, 6.45) is 5.16. The highest BCUT2D eigenvalue weighted by Gasteiger charge is 2.14. The molecule has 1 aliphatic carbocycles. The highest BCUT2D eigenvalue weighted by molar-refractivity contribution is 5.73. The fraction of sp³-hybridized carbons (Fsp3) is 0.444. The minimum atomic E-state index is -0.999. The van der Waals surface area contributed by atoms with Gasteiger partial charge in [-0.3, -0.25) is 4.79 Å². The van der Waals surface area contributed by atoms with Crippen LogP contribution in [-0.2, 0) is 4.79 Å². The van der Waals surface area contributed by atoms with Crippen molar-refractivity contribution in [2.45, 2.75) is 25.3 Å². The third kappa shape index (κ3) is 3.46. The van der Waals surface area contributed by atoms with Crippen LogP contribution in [0.1, 0.15) is 19.3 Å². The highest BCUT2D eigenvalue weighted by Crippen LogP contribution is 2.22. The molecule has 0 heterocycles. The van der Waals surface area contributed by atoms with E-state index in [1.54, 1.807) is 12.2 Å². The third-order valence-corrected chi connectivity index (χ3v) is 2.19. The normalized spacial score (nSPS) is 17.1. The Kier molecular flexibility index (Phi) is 3.91. The molecule has 80 valence electrons. The van der Waals surface area contributed by atoms with Gasteiger partial charge in [-0.2, -0.15) is 0 Å². The number of hydrogen-bond donors (Lipinski definition) is 2. The number of hydrogen-bond acceptors (Lipinski definition) is 3. The SMILES string of the molecule is [N-]=[N+]=NC1=CC=C(C[C@H](N)C(=O)O)CC1. The van der Waals surface area contributed by atoms with Crippen molar-refractivity contribution in [1.82, 2.24) is 0 Å². The molecule has 0 saturated carbocycles. The molecule has 6 nitrogen and oxygen atoms in total. The minimum Gasteiger partial charge on any atom is -0.480 e. The van der Waals surface area contributed by atoms with Crippen LogP contribution in [0.3, 0.4) is 0 Å². The minimum absolute atomic E-state index is 0.343. The van der Waals surface area contributed by atoms with Crippen LogP contribution in [-0.4, -0.2) is 17.1 Å². The molecule has 1 rings (SSSR count). The van der Waals surface area contributed by atoms with Crippen molar-refractivity contribution in [2.75, 3.05) is 0 Å². The second kappa shape index (κ2) is 5.19. The van der Waals surface area contributed by atoms with Crippen LogP contribution in [0.4, 0.5) is 0 Å². The number of carbonyl (C=O) groups is 1. The number of azide groups is 1. The zero-order chi connectivity index (χ0) is 11.3. The molecule has 0 radical (unpaired) electrons. The van der Waals surface area contributed by atoms with Crippen LogP contribution in [0.15, 0.2) is 28.5 Å². The van der Waals surface area contributed by atoms with E-state index in [0.29, 0.717) is 25.0 Å². The number of carboxylic acid groups (broad SMARTS) is 1. The largest absolute Gasteiger partial charge is 0.480 e. The lowest BCUT2D eigenvalue weighted by atomic mass is 9.97. The van der Waals surface area contributed by atoms with Crippen molar-refractivity contribution in [2.24, 2.45) is 10.8 Å². The molecule has 6 heteroatoms. The summed E-state index contributed by atoms with van der Waals surface area (Å²) in [5.41, 5.74) is 15.2. The molecule has 0 unspecified atom stereocenters.